The Balaban J connectivity index is 2.52. The molecule has 0 saturated heterocycles. The minimum absolute atomic E-state index is 0.204. The van der Waals surface area contributed by atoms with Crippen LogP contribution in [0.1, 0.15) is 25.8 Å². The van der Waals surface area contributed by atoms with Crippen LogP contribution in [0.2, 0.25) is 5.02 Å². The number of esters is 1. The van der Waals surface area contributed by atoms with Gasteiger partial charge in [-0.1, -0.05) is 30.7 Å². The summed E-state index contributed by atoms with van der Waals surface area (Å²) in [6, 6.07) is 7.72. The van der Waals surface area contributed by atoms with Crippen LogP contribution < -0.4 is 5.32 Å². The quantitative estimate of drug-likeness (QED) is 0.807. The molecule has 0 aliphatic rings. The second-order valence-corrected chi connectivity index (χ2v) is 4.82. The summed E-state index contributed by atoms with van der Waals surface area (Å²) < 4.78 is 4.75. The average molecular weight is 270 g/mol. The van der Waals surface area contributed by atoms with Crippen LogP contribution in [0.5, 0.6) is 0 Å². The highest BCUT2D eigenvalue weighted by molar-refractivity contribution is 6.30. The van der Waals surface area contributed by atoms with Crippen LogP contribution in [0.25, 0.3) is 0 Å². The molecule has 0 heterocycles. The van der Waals surface area contributed by atoms with E-state index in [4.69, 9.17) is 16.3 Å². The molecule has 0 radical (unpaired) electrons. The maximum atomic E-state index is 11.5. The molecule has 0 amide bonds. The van der Waals surface area contributed by atoms with Crippen LogP contribution in [-0.4, -0.2) is 25.2 Å². The van der Waals surface area contributed by atoms with Gasteiger partial charge in [0.15, 0.2) is 0 Å². The zero-order valence-corrected chi connectivity index (χ0v) is 11.8. The van der Waals surface area contributed by atoms with E-state index in [0.29, 0.717) is 0 Å². The standard InChI is InChI=1S/C14H20ClNO2/c1-4-13(14(17)18-3)16-10(2)9-11-5-7-12(15)8-6-11/h5-8,10,13,16H,4,9H2,1-3H3. The maximum absolute atomic E-state index is 11.5. The number of hydrogen-bond donors (Lipinski definition) is 1. The van der Waals surface area contributed by atoms with Gasteiger partial charge < -0.3 is 10.1 Å². The monoisotopic (exact) mass is 269 g/mol. The molecule has 2 atom stereocenters. The van der Waals surface area contributed by atoms with E-state index < -0.39 is 0 Å². The number of nitrogens with one attached hydrogen (secondary N) is 1. The molecule has 0 aromatic heterocycles. The van der Waals surface area contributed by atoms with Gasteiger partial charge in [-0.05, 0) is 37.5 Å². The van der Waals surface area contributed by atoms with Crippen molar-refractivity contribution in [2.75, 3.05) is 7.11 Å². The molecule has 0 aliphatic heterocycles. The van der Waals surface area contributed by atoms with Crippen molar-refractivity contribution in [3.05, 3.63) is 34.9 Å². The predicted octanol–water partition coefficient (Wildman–Crippen LogP) is 2.81. The summed E-state index contributed by atoms with van der Waals surface area (Å²) in [4.78, 5) is 11.5. The first kappa shape index (κ1) is 15.0. The fourth-order valence-electron chi connectivity index (χ4n) is 1.87. The summed E-state index contributed by atoms with van der Waals surface area (Å²) in [6.07, 6.45) is 1.57. The summed E-state index contributed by atoms with van der Waals surface area (Å²) in [5.74, 6) is -0.208. The molecule has 2 unspecified atom stereocenters. The number of methoxy groups -OCH3 is 1. The average Bonchev–Trinajstić information content (AvgIpc) is 2.37. The van der Waals surface area contributed by atoms with Crippen LogP contribution >= 0.6 is 11.6 Å². The topological polar surface area (TPSA) is 38.3 Å². The Morgan fingerprint density at radius 3 is 2.50 bits per heavy atom. The van der Waals surface area contributed by atoms with Crippen molar-refractivity contribution in [2.45, 2.75) is 38.8 Å². The summed E-state index contributed by atoms with van der Waals surface area (Å²) in [6.45, 7) is 4.02. The zero-order valence-electron chi connectivity index (χ0n) is 11.1. The van der Waals surface area contributed by atoms with Crippen molar-refractivity contribution in [3.8, 4) is 0 Å². The SMILES string of the molecule is CCC(NC(C)Cc1ccc(Cl)cc1)C(=O)OC. The Morgan fingerprint density at radius 2 is 2.00 bits per heavy atom. The van der Waals surface area contributed by atoms with Crippen molar-refractivity contribution >= 4 is 17.6 Å². The van der Waals surface area contributed by atoms with Gasteiger partial charge in [0.1, 0.15) is 6.04 Å². The lowest BCUT2D eigenvalue weighted by molar-refractivity contribution is -0.143. The van der Waals surface area contributed by atoms with Crippen molar-refractivity contribution < 1.29 is 9.53 Å². The van der Waals surface area contributed by atoms with E-state index in [9.17, 15) is 4.79 Å². The summed E-state index contributed by atoms with van der Waals surface area (Å²) in [5.41, 5.74) is 1.19. The Morgan fingerprint density at radius 1 is 1.39 bits per heavy atom. The summed E-state index contributed by atoms with van der Waals surface area (Å²) >= 11 is 5.84. The van der Waals surface area contributed by atoms with E-state index >= 15 is 0 Å². The number of ether oxygens (including phenoxy) is 1. The Hall–Kier alpha value is -1.06. The van der Waals surface area contributed by atoms with Gasteiger partial charge in [0.2, 0.25) is 0 Å². The molecule has 1 N–H and O–H groups in total. The van der Waals surface area contributed by atoms with Crippen molar-refractivity contribution in [1.29, 1.82) is 0 Å². The lowest BCUT2D eigenvalue weighted by Crippen LogP contribution is -2.43. The van der Waals surface area contributed by atoms with Gasteiger partial charge in [-0.3, -0.25) is 4.79 Å². The van der Waals surface area contributed by atoms with E-state index in [1.807, 2.05) is 31.2 Å². The van der Waals surface area contributed by atoms with Gasteiger partial charge in [-0.15, -0.1) is 0 Å². The van der Waals surface area contributed by atoms with E-state index in [-0.39, 0.29) is 18.1 Å². The summed E-state index contributed by atoms with van der Waals surface area (Å²) in [7, 11) is 1.41. The van der Waals surface area contributed by atoms with E-state index in [2.05, 4.69) is 12.2 Å². The van der Waals surface area contributed by atoms with Gasteiger partial charge in [0, 0.05) is 11.1 Å². The molecular weight excluding hydrogens is 250 g/mol. The number of carbonyl (C=O) groups excluding carboxylic acids is 1. The molecule has 4 heteroatoms. The van der Waals surface area contributed by atoms with Crippen LogP contribution in [0, 0.1) is 0 Å². The minimum atomic E-state index is -0.239. The van der Waals surface area contributed by atoms with Crippen LogP contribution in [-0.2, 0) is 16.0 Å². The minimum Gasteiger partial charge on any atom is -0.468 e. The molecule has 18 heavy (non-hydrogen) atoms. The third-order valence-corrected chi connectivity index (χ3v) is 3.09. The van der Waals surface area contributed by atoms with Crippen LogP contribution in [0.3, 0.4) is 0 Å². The number of hydrogen-bond acceptors (Lipinski definition) is 3. The second kappa shape index (κ2) is 7.39. The van der Waals surface area contributed by atoms with Gasteiger partial charge in [0.25, 0.3) is 0 Å². The van der Waals surface area contributed by atoms with Gasteiger partial charge in [-0.25, -0.2) is 0 Å². The first-order valence-corrected chi connectivity index (χ1v) is 6.53. The molecule has 0 saturated carbocycles. The molecular formula is C14H20ClNO2. The lowest BCUT2D eigenvalue weighted by Gasteiger charge is -2.20. The van der Waals surface area contributed by atoms with Crippen molar-refractivity contribution in [1.82, 2.24) is 5.32 Å². The van der Waals surface area contributed by atoms with E-state index in [1.54, 1.807) is 0 Å². The number of halogens is 1. The van der Waals surface area contributed by atoms with Crippen LogP contribution in [0.15, 0.2) is 24.3 Å². The maximum Gasteiger partial charge on any atom is 0.322 e. The molecule has 0 spiro atoms. The van der Waals surface area contributed by atoms with Gasteiger partial charge >= 0.3 is 5.97 Å². The van der Waals surface area contributed by atoms with E-state index in [1.165, 1.54) is 12.7 Å². The Kier molecular flexibility index (Phi) is 6.16. The molecule has 100 valence electrons. The fourth-order valence-corrected chi connectivity index (χ4v) is 2.00. The lowest BCUT2D eigenvalue weighted by atomic mass is 10.1. The van der Waals surface area contributed by atoms with Gasteiger partial charge in [-0.2, -0.15) is 0 Å². The predicted molar refractivity (Wildman–Crippen MR) is 73.8 cm³/mol. The highest BCUT2D eigenvalue weighted by atomic mass is 35.5. The molecule has 0 fully saturated rings. The smallest absolute Gasteiger partial charge is 0.322 e. The van der Waals surface area contributed by atoms with Gasteiger partial charge in [0.05, 0.1) is 7.11 Å². The summed E-state index contributed by atoms with van der Waals surface area (Å²) in [5, 5.41) is 4.01. The number of benzene rings is 1. The molecule has 0 bridgehead atoms. The molecule has 1 aromatic rings. The first-order valence-electron chi connectivity index (χ1n) is 6.15. The first-order chi connectivity index (χ1) is 8.56. The highest BCUT2D eigenvalue weighted by Crippen LogP contribution is 2.11. The number of rotatable bonds is 6. The van der Waals surface area contributed by atoms with Crippen molar-refractivity contribution in [2.24, 2.45) is 0 Å². The fraction of sp³-hybridized carbons (Fsp3) is 0.500. The van der Waals surface area contributed by atoms with Crippen molar-refractivity contribution in [3.63, 3.8) is 0 Å². The second-order valence-electron chi connectivity index (χ2n) is 4.38. The third kappa shape index (κ3) is 4.67. The molecule has 1 aromatic carbocycles. The molecule has 0 aliphatic carbocycles. The molecule has 1 rings (SSSR count). The Labute approximate surface area is 113 Å². The zero-order chi connectivity index (χ0) is 13.5. The largest absolute Gasteiger partial charge is 0.468 e. The molecule has 3 nitrogen and oxygen atoms in total. The third-order valence-electron chi connectivity index (χ3n) is 2.83. The number of carbonyl (C=O) groups is 1. The normalized spacial score (nSPS) is 14.0. The van der Waals surface area contributed by atoms with E-state index in [0.717, 1.165) is 17.9 Å². The van der Waals surface area contributed by atoms with Crippen LogP contribution in [0.4, 0.5) is 0 Å². The Bertz CT molecular complexity index is 378. The highest BCUT2D eigenvalue weighted by Gasteiger charge is 2.18.